The average Bonchev–Trinajstić information content (AvgIpc) is 2.96. The van der Waals surface area contributed by atoms with Crippen LogP contribution in [0.1, 0.15) is 35.2 Å². The molecular weight excluding hydrogens is 507 g/mol. The highest BCUT2D eigenvalue weighted by molar-refractivity contribution is 5.94. The molecule has 39 heavy (non-hydrogen) atoms. The van der Waals surface area contributed by atoms with E-state index in [4.69, 9.17) is 4.74 Å². The third-order valence-electron chi connectivity index (χ3n) is 5.95. The molecule has 11 nitrogen and oxygen atoms in total. The molecule has 0 saturated carbocycles. The van der Waals surface area contributed by atoms with Gasteiger partial charge in [-0.25, -0.2) is 23.9 Å². The first-order valence-corrected chi connectivity index (χ1v) is 12.5. The molecule has 2 amide bonds. The summed E-state index contributed by atoms with van der Waals surface area (Å²) < 4.78 is 19.9. The van der Waals surface area contributed by atoms with E-state index in [1.54, 1.807) is 48.8 Å². The molecule has 204 valence electrons. The number of piperidine rings is 1. The number of nitrogens with zero attached hydrogens (tertiary/aromatic N) is 3. The minimum atomic E-state index is -0.920. The predicted molar refractivity (Wildman–Crippen MR) is 140 cm³/mol. The van der Waals surface area contributed by atoms with Gasteiger partial charge in [-0.2, -0.15) is 0 Å². The van der Waals surface area contributed by atoms with E-state index in [9.17, 15) is 18.8 Å². The molecule has 0 radical (unpaired) electrons. The van der Waals surface area contributed by atoms with Gasteiger partial charge in [-0.05, 0) is 42.7 Å². The van der Waals surface area contributed by atoms with Gasteiger partial charge in [-0.3, -0.25) is 4.79 Å². The lowest BCUT2D eigenvalue weighted by Gasteiger charge is -2.35. The van der Waals surface area contributed by atoms with Gasteiger partial charge in [0.25, 0.3) is 5.91 Å². The Hall–Kier alpha value is -4.74. The van der Waals surface area contributed by atoms with Gasteiger partial charge in [0, 0.05) is 43.6 Å². The van der Waals surface area contributed by atoms with Crippen molar-refractivity contribution in [3.63, 3.8) is 0 Å². The summed E-state index contributed by atoms with van der Waals surface area (Å²) in [5, 5.41) is 5.81. The normalized spacial score (nSPS) is 14.7. The number of nitrogens with one attached hydrogen (secondary N) is 3. The van der Waals surface area contributed by atoms with Gasteiger partial charge in [0.05, 0.1) is 12.1 Å². The summed E-state index contributed by atoms with van der Waals surface area (Å²) >= 11 is 0. The Morgan fingerprint density at radius 1 is 1.05 bits per heavy atom. The Balaban J connectivity index is 1.18. The van der Waals surface area contributed by atoms with Gasteiger partial charge in [0.15, 0.2) is 0 Å². The van der Waals surface area contributed by atoms with Gasteiger partial charge in [-0.1, -0.05) is 30.3 Å². The number of hydrogen-bond donors (Lipinski definition) is 3. The third-order valence-corrected chi connectivity index (χ3v) is 5.95. The summed E-state index contributed by atoms with van der Waals surface area (Å²) in [6, 6.07) is 15.1. The Morgan fingerprint density at radius 2 is 1.85 bits per heavy atom. The minimum absolute atomic E-state index is 0.0213. The fourth-order valence-corrected chi connectivity index (χ4v) is 4.06. The number of benzene rings is 2. The van der Waals surface area contributed by atoms with Crippen molar-refractivity contribution in [2.75, 3.05) is 29.9 Å². The molecule has 1 aromatic heterocycles. The van der Waals surface area contributed by atoms with E-state index < -0.39 is 23.8 Å². The lowest BCUT2D eigenvalue weighted by molar-refractivity contribution is -0.149. The van der Waals surface area contributed by atoms with Crippen LogP contribution in [0.5, 0.6) is 0 Å². The van der Waals surface area contributed by atoms with Crippen molar-refractivity contribution < 1.29 is 28.3 Å². The zero-order valence-electron chi connectivity index (χ0n) is 21.1. The van der Waals surface area contributed by atoms with Crippen LogP contribution in [0.4, 0.5) is 20.8 Å². The predicted octanol–water partition coefficient (Wildman–Crippen LogP) is 3.20. The van der Waals surface area contributed by atoms with E-state index in [2.05, 4.69) is 25.4 Å². The second-order valence-electron chi connectivity index (χ2n) is 8.81. The minimum Gasteiger partial charge on any atom is -0.443 e. The summed E-state index contributed by atoms with van der Waals surface area (Å²) in [6.45, 7) is 1.21. The van der Waals surface area contributed by atoms with Crippen LogP contribution in [0, 0.1) is 5.82 Å². The number of rotatable bonds is 9. The number of amides is 2. The highest BCUT2D eigenvalue weighted by Gasteiger charge is 2.23. The summed E-state index contributed by atoms with van der Waals surface area (Å²) in [6.07, 6.45) is 3.95. The van der Waals surface area contributed by atoms with Gasteiger partial charge >= 0.3 is 12.1 Å². The molecule has 0 bridgehead atoms. The van der Waals surface area contributed by atoms with Crippen molar-refractivity contribution in [1.82, 2.24) is 20.8 Å². The van der Waals surface area contributed by atoms with Crippen LogP contribution in [0.2, 0.25) is 0 Å². The lowest BCUT2D eigenvalue weighted by Crippen LogP contribution is -2.42. The van der Waals surface area contributed by atoms with Gasteiger partial charge in [0.2, 0.25) is 5.95 Å². The van der Waals surface area contributed by atoms with Crippen LogP contribution in [0.3, 0.4) is 0 Å². The number of carbonyl (C=O) groups excluding carboxylic acids is 3. The van der Waals surface area contributed by atoms with E-state index >= 15 is 0 Å². The maximum atomic E-state index is 15.0. The Kier molecular flexibility index (Phi) is 9.59. The number of carbonyl (C=O) groups is 3. The molecule has 3 N–H and O–H groups in total. The van der Waals surface area contributed by atoms with Gasteiger partial charge in [-0.15, -0.1) is 5.48 Å². The fraction of sp³-hybridized carbons (Fsp3) is 0.296. The van der Waals surface area contributed by atoms with Crippen LogP contribution in [0.25, 0.3) is 0 Å². The van der Waals surface area contributed by atoms with E-state index in [0.717, 1.165) is 18.4 Å². The topological polar surface area (TPSA) is 135 Å². The highest BCUT2D eigenvalue weighted by Crippen LogP contribution is 2.25. The second-order valence-corrected chi connectivity index (χ2v) is 8.81. The molecular formula is C27H29FN6O5. The molecule has 12 heteroatoms. The quantitative estimate of drug-likeness (QED) is 0.352. The number of hydrogen-bond acceptors (Lipinski definition) is 9. The molecule has 4 rings (SSSR count). The molecule has 0 aliphatic carbocycles. The summed E-state index contributed by atoms with van der Waals surface area (Å²) in [5.74, 6) is -1.30. The SMILES string of the molecule is O=C(CCNC(=O)c1ccc(N2CCC[C@H](Nc3ncccn3)C2)c(F)c1)ONC(=O)OCc1ccccc1. The third kappa shape index (κ3) is 8.38. The van der Waals surface area contributed by atoms with Crippen molar-refractivity contribution in [2.24, 2.45) is 0 Å². The van der Waals surface area contributed by atoms with Crippen LogP contribution in [-0.2, 0) is 21.0 Å². The summed E-state index contributed by atoms with van der Waals surface area (Å²) in [5.41, 5.74) is 3.20. The largest absolute Gasteiger partial charge is 0.443 e. The Morgan fingerprint density at radius 3 is 2.62 bits per heavy atom. The van der Waals surface area contributed by atoms with Crippen LogP contribution in [-0.4, -0.2) is 53.6 Å². The molecule has 1 aliphatic rings. The average molecular weight is 537 g/mol. The Labute approximate surface area is 224 Å². The molecule has 3 aromatic rings. The van der Waals surface area contributed by atoms with Crippen molar-refractivity contribution >= 4 is 29.6 Å². The van der Waals surface area contributed by atoms with E-state index in [-0.39, 0.29) is 31.2 Å². The smallest absolute Gasteiger partial charge is 0.441 e. The number of hydroxylamine groups is 1. The first-order chi connectivity index (χ1) is 19.0. The maximum Gasteiger partial charge on any atom is 0.441 e. The second kappa shape index (κ2) is 13.7. The number of aromatic nitrogens is 2. The van der Waals surface area contributed by atoms with Crippen LogP contribution in [0.15, 0.2) is 67.0 Å². The maximum absolute atomic E-state index is 15.0. The lowest BCUT2D eigenvalue weighted by atomic mass is 10.0. The van der Waals surface area contributed by atoms with Crippen LogP contribution >= 0.6 is 0 Å². The first-order valence-electron chi connectivity index (χ1n) is 12.5. The summed E-state index contributed by atoms with van der Waals surface area (Å²) in [7, 11) is 0. The monoisotopic (exact) mass is 536 g/mol. The van der Waals surface area contributed by atoms with Gasteiger partial charge in [0.1, 0.15) is 12.4 Å². The number of anilines is 2. The standard InChI is InChI=1S/C27H29FN6O5/c28-22-16-20(9-10-23(22)34-15-4-8-21(17-34)32-26-30-12-5-13-31-26)25(36)29-14-11-24(35)39-33-27(37)38-18-19-6-2-1-3-7-19/h1-3,5-7,9-10,12-13,16,21H,4,8,11,14-15,17-18H2,(H,29,36)(H,33,37)(H,30,31,32)/t21-/m0/s1. The van der Waals surface area contributed by atoms with E-state index in [0.29, 0.717) is 24.7 Å². The molecule has 0 spiro atoms. The van der Waals surface area contributed by atoms with Crippen molar-refractivity contribution in [2.45, 2.75) is 31.9 Å². The van der Waals surface area contributed by atoms with Crippen LogP contribution < -0.4 is 21.0 Å². The molecule has 1 saturated heterocycles. The fourth-order valence-electron chi connectivity index (χ4n) is 4.06. The molecule has 1 fully saturated rings. The number of halogens is 1. The molecule has 0 unspecified atom stereocenters. The van der Waals surface area contributed by atoms with Crippen molar-refractivity contribution in [3.05, 3.63) is 83.9 Å². The van der Waals surface area contributed by atoms with E-state index in [1.165, 1.54) is 12.1 Å². The molecule has 1 aliphatic heterocycles. The molecule has 1 atom stereocenters. The Bertz CT molecular complexity index is 1260. The zero-order valence-corrected chi connectivity index (χ0v) is 21.1. The van der Waals surface area contributed by atoms with Gasteiger partial charge < -0.3 is 25.1 Å². The zero-order chi connectivity index (χ0) is 27.5. The van der Waals surface area contributed by atoms with Crippen molar-refractivity contribution in [3.8, 4) is 0 Å². The number of ether oxygens (including phenoxy) is 1. The highest BCUT2D eigenvalue weighted by atomic mass is 19.1. The first kappa shape index (κ1) is 27.3. The summed E-state index contributed by atoms with van der Waals surface area (Å²) in [4.78, 5) is 50.8. The van der Waals surface area contributed by atoms with E-state index in [1.807, 2.05) is 16.4 Å². The molecule has 2 heterocycles. The molecule has 2 aromatic carbocycles. The van der Waals surface area contributed by atoms with Crippen molar-refractivity contribution in [1.29, 1.82) is 0 Å².